The van der Waals surface area contributed by atoms with Crippen molar-refractivity contribution in [1.29, 1.82) is 0 Å². The molecule has 146 valence electrons. The van der Waals surface area contributed by atoms with Gasteiger partial charge in [0.2, 0.25) is 5.91 Å². The van der Waals surface area contributed by atoms with Crippen molar-refractivity contribution < 1.29 is 4.79 Å². The summed E-state index contributed by atoms with van der Waals surface area (Å²) >= 11 is 0. The number of rotatable bonds is 7. The fourth-order valence-corrected chi connectivity index (χ4v) is 3.71. The Hall–Kier alpha value is -2.70. The molecule has 6 nitrogen and oxygen atoms in total. The van der Waals surface area contributed by atoms with E-state index in [9.17, 15) is 4.79 Å². The second-order valence-corrected chi connectivity index (χ2v) is 7.13. The Labute approximate surface area is 165 Å². The zero-order valence-corrected chi connectivity index (χ0v) is 16.1. The second kappa shape index (κ2) is 8.99. The molecule has 3 aromatic rings. The summed E-state index contributed by atoms with van der Waals surface area (Å²) in [6.45, 7) is 5.78. The number of amides is 1. The van der Waals surface area contributed by atoms with Crippen LogP contribution in [0.15, 0.2) is 54.6 Å². The predicted molar refractivity (Wildman–Crippen MR) is 112 cm³/mol. The molecule has 1 aromatic heterocycles. The number of para-hydroxylation sites is 3. The van der Waals surface area contributed by atoms with Crippen LogP contribution in [0.4, 0.5) is 0 Å². The number of carbonyl (C=O) groups excluding carboxylic acids is 1. The lowest BCUT2D eigenvalue weighted by Crippen LogP contribution is -2.46. The zero-order chi connectivity index (χ0) is 19.2. The van der Waals surface area contributed by atoms with Crippen molar-refractivity contribution in [3.63, 3.8) is 0 Å². The van der Waals surface area contributed by atoms with E-state index in [1.807, 2.05) is 36.4 Å². The summed E-state index contributed by atoms with van der Waals surface area (Å²) in [6, 6.07) is 18.3. The molecule has 0 bridgehead atoms. The maximum absolute atomic E-state index is 12.3. The number of nitrogens with one attached hydrogen (secondary N) is 2. The molecule has 2 aromatic carbocycles. The van der Waals surface area contributed by atoms with Gasteiger partial charge < -0.3 is 10.6 Å². The molecule has 0 radical (unpaired) electrons. The van der Waals surface area contributed by atoms with Crippen molar-refractivity contribution in [2.24, 2.45) is 0 Å². The minimum Gasteiger partial charge on any atom is -0.355 e. The Balaban J connectivity index is 1.39. The van der Waals surface area contributed by atoms with Crippen LogP contribution in [0.5, 0.6) is 0 Å². The molecule has 0 spiro atoms. The lowest BCUT2D eigenvalue weighted by atomic mass is 10.2. The van der Waals surface area contributed by atoms with Gasteiger partial charge in [0.15, 0.2) is 0 Å². The Bertz CT molecular complexity index is 915. The number of aryl methyl sites for hydroxylation is 1. The van der Waals surface area contributed by atoms with Gasteiger partial charge in [-0.2, -0.15) is 0 Å². The molecule has 1 amide bonds. The van der Waals surface area contributed by atoms with Crippen LogP contribution < -0.4 is 10.6 Å². The van der Waals surface area contributed by atoms with E-state index in [-0.39, 0.29) is 5.91 Å². The Morgan fingerprint density at radius 2 is 1.79 bits per heavy atom. The molecule has 0 aliphatic carbocycles. The van der Waals surface area contributed by atoms with Crippen LogP contribution in [0.1, 0.15) is 12.2 Å². The first-order valence-electron chi connectivity index (χ1n) is 10.0. The standard InChI is InChI=1S/C22H27N5O/c28-22(24-14-17-26-15-12-23-13-16-26)11-10-21-25-19-8-4-5-9-20(19)27(21)18-6-2-1-3-7-18/h1-9,23H,10-17H2,(H,24,28). The van der Waals surface area contributed by atoms with E-state index in [4.69, 9.17) is 4.98 Å². The van der Waals surface area contributed by atoms with Gasteiger partial charge in [-0.05, 0) is 24.3 Å². The normalized spacial score (nSPS) is 15.0. The third kappa shape index (κ3) is 4.40. The van der Waals surface area contributed by atoms with E-state index in [0.717, 1.165) is 55.3 Å². The SMILES string of the molecule is O=C(CCc1nc2ccccc2n1-c1ccccc1)NCCN1CCNCC1. The largest absolute Gasteiger partial charge is 0.355 e. The van der Waals surface area contributed by atoms with E-state index in [1.165, 1.54) is 0 Å². The van der Waals surface area contributed by atoms with Gasteiger partial charge in [0.25, 0.3) is 0 Å². The van der Waals surface area contributed by atoms with E-state index in [2.05, 4.69) is 38.3 Å². The fraction of sp³-hybridized carbons (Fsp3) is 0.364. The van der Waals surface area contributed by atoms with Crippen LogP contribution in [0.3, 0.4) is 0 Å². The highest BCUT2D eigenvalue weighted by atomic mass is 16.1. The number of fused-ring (bicyclic) bond motifs is 1. The van der Waals surface area contributed by atoms with Crippen LogP contribution in [0.2, 0.25) is 0 Å². The molecule has 0 saturated carbocycles. The summed E-state index contributed by atoms with van der Waals surface area (Å²) < 4.78 is 2.16. The number of hydrogen-bond acceptors (Lipinski definition) is 4. The van der Waals surface area contributed by atoms with Crippen LogP contribution in [0.25, 0.3) is 16.7 Å². The zero-order valence-electron chi connectivity index (χ0n) is 16.1. The smallest absolute Gasteiger partial charge is 0.220 e. The molecule has 2 heterocycles. The summed E-state index contributed by atoms with van der Waals surface area (Å²) in [5.74, 6) is 1.01. The predicted octanol–water partition coefficient (Wildman–Crippen LogP) is 1.98. The van der Waals surface area contributed by atoms with E-state index < -0.39 is 0 Å². The average Bonchev–Trinajstić information content (AvgIpc) is 3.12. The molecule has 6 heteroatoms. The Morgan fingerprint density at radius 3 is 2.61 bits per heavy atom. The number of piperazine rings is 1. The maximum atomic E-state index is 12.3. The average molecular weight is 377 g/mol. The first-order chi connectivity index (χ1) is 13.8. The molecule has 2 N–H and O–H groups in total. The van der Waals surface area contributed by atoms with Gasteiger partial charge in [0, 0.05) is 57.8 Å². The minimum absolute atomic E-state index is 0.0850. The highest BCUT2D eigenvalue weighted by Crippen LogP contribution is 2.22. The quantitative estimate of drug-likeness (QED) is 0.661. The molecule has 1 aliphatic rings. The molecular formula is C22H27N5O. The van der Waals surface area contributed by atoms with Gasteiger partial charge in [0.1, 0.15) is 5.82 Å². The molecule has 28 heavy (non-hydrogen) atoms. The second-order valence-electron chi connectivity index (χ2n) is 7.13. The van der Waals surface area contributed by atoms with Gasteiger partial charge in [0.05, 0.1) is 11.0 Å². The molecule has 0 atom stereocenters. The molecule has 1 fully saturated rings. The van der Waals surface area contributed by atoms with Crippen LogP contribution in [-0.4, -0.2) is 59.6 Å². The first-order valence-corrected chi connectivity index (χ1v) is 10.0. The first kappa shape index (κ1) is 18.7. The molecule has 1 saturated heterocycles. The minimum atomic E-state index is 0.0850. The fourth-order valence-electron chi connectivity index (χ4n) is 3.71. The summed E-state index contributed by atoms with van der Waals surface area (Å²) in [5.41, 5.74) is 3.11. The van der Waals surface area contributed by atoms with Crippen LogP contribution >= 0.6 is 0 Å². The van der Waals surface area contributed by atoms with Crippen molar-refractivity contribution >= 4 is 16.9 Å². The Kier molecular flexibility index (Phi) is 5.99. The van der Waals surface area contributed by atoms with Crippen molar-refractivity contribution in [2.75, 3.05) is 39.3 Å². The highest BCUT2D eigenvalue weighted by Gasteiger charge is 2.14. The number of nitrogens with zero attached hydrogens (tertiary/aromatic N) is 3. The molecular weight excluding hydrogens is 350 g/mol. The molecule has 4 rings (SSSR count). The summed E-state index contributed by atoms with van der Waals surface area (Å²) in [6.07, 6.45) is 1.06. The number of carbonyl (C=O) groups is 1. The Morgan fingerprint density at radius 1 is 1.04 bits per heavy atom. The van der Waals surface area contributed by atoms with Gasteiger partial charge >= 0.3 is 0 Å². The number of imidazole rings is 1. The van der Waals surface area contributed by atoms with Crippen molar-refractivity contribution in [2.45, 2.75) is 12.8 Å². The monoisotopic (exact) mass is 377 g/mol. The third-order valence-electron chi connectivity index (χ3n) is 5.18. The van der Waals surface area contributed by atoms with Crippen LogP contribution in [-0.2, 0) is 11.2 Å². The third-order valence-corrected chi connectivity index (χ3v) is 5.18. The lowest BCUT2D eigenvalue weighted by Gasteiger charge is -2.27. The van der Waals surface area contributed by atoms with Crippen molar-refractivity contribution in [3.8, 4) is 5.69 Å². The summed E-state index contributed by atoms with van der Waals surface area (Å²) in [7, 11) is 0. The summed E-state index contributed by atoms with van der Waals surface area (Å²) in [4.78, 5) is 19.5. The maximum Gasteiger partial charge on any atom is 0.220 e. The van der Waals surface area contributed by atoms with E-state index in [0.29, 0.717) is 19.4 Å². The van der Waals surface area contributed by atoms with E-state index in [1.54, 1.807) is 0 Å². The number of aromatic nitrogens is 2. The lowest BCUT2D eigenvalue weighted by molar-refractivity contribution is -0.121. The summed E-state index contributed by atoms with van der Waals surface area (Å²) in [5, 5.41) is 6.40. The molecule has 0 unspecified atom stereocenters. The van der Waals surface area contributed by atoms with Gasteiger partial charge in [-0.3, -0.25) is 14.3 Å². The highest BCUT2D eigenvalue weighted by molar-refractivity contribution is 5.79. The van der Waals surface area contributed by atoms with Gasteiger partial charge in [-0.1, -0.05) is 30.3 Å². The van der Waals surface area contributed by atoms with Gasteiger partial charge in [-0.25, -0.2) is 4.98 Å². The van der Waals surface area contributed by atoms with E-state index >= 15 is 0 Å². The number of hydrogen-bond donors (Lipinski definition) is 2. The van der Waals surface area contributed by atoms with Crippen molar-refractivity contribution in [3.05, 3.63) is 60.4 Å². The van der Waals surface area contributed by atoms with Gasteiger partial charge in [-0.15, -0.1) is 0 Å². The number of benzene rings is 2. The van der Waals surface area contributed by atoms with Crippen LogP contribution in [0, 0.1) is 0 Å². The topological polar surface area (TPSA) is 62.2 Å². The molecule has 1 aliphatic heterocycles. The van der Waals surface area contributed by atoms with Crippen molar-refractivity contribution in [1.82, 2.24) is 25.1 Å².